The molecule has 12 heteroatoms. The number of rotatable bonds is 5. The highest BCUT2D eigenvalue weighted by molar-refractivity contribution is 6.08. The van der Waals surface area contributed by atoms with Crippen LogP contribution in [0.15, 0.2) is 28.9 Å². The number of aromatic nitrogens is 2. The molecule has 2 aromatic carbocycles. The number of carbonyl (C=O) groups is 2. The fourth-order valence-electron chi connectivity index (χ4n) is 2.36. The van der Waals surface area contributed by atoms with Crippen molar-refractivity contribution >= 4 is 17.6 Å². The molecular formula is C17H9F4N3O5. The standard InChI is InChI=1S/C17H9F4N3O5/c1-28-7-4-2-3-6(5-7)8-9(18)11(20)13(12(21)10(8)19)22-16(25)14-15(17(26)27)24-29-23-14/h2-5H,1H3,(H,22,25)(H,26,27)/i1D3. The average Bonchev–Trinajstić information content (AvgIpc) is 3.19. The molecular weight excluding hydrogens is 402 g/mol. The predicted molar refractivity (Wildman–Crippen MR) is 87.5 cm³/mol. The molecule has 0 aliphatic carbocycles. The Morgan fingerprint density at radius 3 is 2.38 bits per heavy atom. The van der Waals surface area contributed by atoms with E-state index in [4.69, 9.17) is 9.22 Å². The number of halogens is 4. The molecule has 0 aliphatic rings. The summed E-state index contributed by atoms with van der Waals surface area (Å²) in [5.41, 5.74) is -5.25. The fraction of sp³-hybridized carbons (Fsp3) is 0.0588. The predicted octanol–water partition coefficient (Wildman–Crippen LogP) is 3.25. The highest BCUT2D eigenvalue weighted by Crippen LogP contribution is 2.35. The minimum absolute atomic E-state index is 0.362. The largest absolute Gasteiger partial charge is 0.497 e. The number of carboxylic acids is 1. The van der Waals surface area contributed by atoms with Gasteiger partial charge < -0.3 is 15.2 Å². The first kappa shape index (κ1) is 16.0. The van der Waals surface area contributed by atoms with Gasteiger partial charge in [-0.2, -0.15) is 0 Å². The van der Waals surface area contributed by atoms with Crippen LogP contribution in [0, 0.1) is 23.3 Å². The van der Waals surface area contributed by atoms with Crippen LogP contribution in [0.1, 0.15) is 25.1 Å². The second kappa shape index (κ2) is 7.58. The van der Waals surface area contributed by atoms with Gasteiger partial charge in [-0.15, -0.1) is 0 Å². The second-order valence-electron chi connectivity index (χ2n) is 5.36. The van der Waals surface area contributed by atoms with Gasteiger partial charge in [0.05, 0.1) is 16.7 Å². The molecule has 0 saturated heterocycles. The summed E-state index contributed by atoms with van der Waals surface area (Å²) in [6.45, 7) is 0. The molecule has 3 aromatic rings. The third-order valence-electron chi connectivity index (χ3n) is 3.65. The summed E-state index contributed by atoms with van der Waals surface area (Å²) in [6, 6.07) is 4.14. The van der Waals surface area contributed by atoms with Gasteiger partial charge in [-0.3, -0.25) is 4.79 Å². The fourth-order valence-corrected chi connectivity index (χ4v) is 2.36. The normalized spacial score (nSPS) is 12.6. The number of ether oxygens (including phenoxy) is 1. The van der Waals surface area contributed by atoms with E-state index in [1.54, 1.807) is 0 Å². The summed E-state index contributed by atoms with van der Waals surface area (Å²) in [6.07, 6.45) is 0. The van der Waals surface area contributed by atoms with Crippen LogP contribution in [0.3, 0.4) is 0 Å². The van der Waals surface area contributed by atoms with Crippen molar-refractivity contribution in [1.82, 2.24) is 10.3 Å². The first-order valence-corrected chi connectivity index (χ1v) is 7.43. The van der Waals surface area contributed by atoms with E-state index in [0.29, 0.717) is 0 Å². The van der Waals surface area contributed by atoms with E-state index in [-0.39, 0.29) is 5.75 Å². The summed E-state index contributed by atoms with van der Waals surface area (Å²) < 4.78 is 88.1. The lowest BCUT2D eigenvalue weighted by Gasteiger charge is -2.13. The third kappa shape index (κ3) is 3.47. The van der Waals surface area contributed by atoms with Crippen LogP contribution in [0.5, 0.6) is 5.75 Å². The number of anilines is 1. The zero-order valence-corrected chi connectivity index (χ0v) is 13.8. The van der Waals surface area contributed by atoms with Gasteiger partial charge in [0.1, 0.15) is 11.4 Å². The number of hydrogen-bond donors (Lipinski definition) is 2. The van der Waals surface area contributed by atoms with Crippen molar-refractivity contribution in [3.8, 4) is 16.9 Å². The molecule has 1 heterocycles. The molecule has 0 bridgehead atoms. The molecule has 29 heavy (non-hydrogen) atoms. The number of methoxy groups -OCH3 is 1. The van der Waals surface area contributed by atoms with E-state index >= 15 is 0 Å². The molecule has 2 N–H and O–H groups in total. The van der Waals surface area contributed by atoms with Gasteiger partial charge in [-0.05, 0) is 28.0 Å². The molecule has 0 aliphatic heterocycles. The Morgan fingerprint density at radius 1 is 1.10 bits per heavy atom. The zero-order chi connectivity index (χ0) is 23.8. The van der Waals surface area contributed by atoms with E-state index in [9.17, 15) is 27.2 Å². The molecule has 0 radical (unpaired) electrons. The molecule has 0 atom stereocenters. The molecule has 3 rings (SSSR count). The van der Waals surface area contributed by atoms with Crippen molar-refractivity contribution in [2.75, 3.05) is 12.4 Å². The Balaban J connectivity index is 2.04. The number of nitrogens with zero attached hydrogens (tertiary/aromatic N) is 2. The SMILES string of the molecule is [2H]C([2H])([2H])Oc1cccc(-c2c(F)c(F)c(NC(=O)c3nonc3C(=O)O)c(F)c2F)c1. The van der Waals surface area contributed by atoms with Crippen LogP contribution in [0.2, 0.25) is 0 Å². The van der Waals surface area contributed by atoms with Gasteiger partial charge in [-0.25, -0.2) is 27.0 Å². The molecule has 8 nitrogen and oxygen atoms in total. The Labute approximate surface area is 162 Å². The van der Waals surface area contributed by atoms with Crippen molar-refractivity contribution in [2.45, 2.75) is 0 Å². The van der Waals surface area contributed by atoms with Crippen molar-refractivity contribution in [3.05, 3.63) is 58.9 Å². The highest BCUT2D eigenvalue weighted by Gasteiger charge is 2.30. The summed E-state index contributed by atoms with van der Waals surface area (Å²) in [4.78, 5) is 23.0. The summed E-state index contributed by atoms with van der Waals surface area (Å²) in [5.74, 6) is -11.6. The van der Waals surface area contributed by atoms with Gasteiger partial charge in [0, 0.05) is 0 Å². The van der Waals surface area contributed by atoms with E-state index in [2.05, 4.69) is 19.7 Å². The minimum atomic E-state index is -2.90. The van der Waals surface area contributed by atoms with Gasteiger partial charge in [0.2, 0.25) is 11.4 Å². The quantitative estimate of drug-likeness (QED) is 0.487. The van der Waals surface area contributed by atoms with E-state index in [1.807, 2.05) is 0 Å². The summed E-state index contributed by atoms with van der Waals surface area (Å²) >= 11 is 0. The molecule has 1 amide bonds. The van der Waals surface area contributed by atoms with E-state index < -0.39 is 70.4 Å². The Morgan fingerprint density at radius 2 is 1.76 bits per heavy atom. The van der Waals surface area contributed by atoms with Crippen molar-refractivity contribution in [3.63, 3.8) is 0 Å². The van der Waals surface area contributed by atoms with Crippen LogP contribution in [-0.4, -0.2) is 34.3 Å². The number of carbonyl (C=O) groups excluding carboxylic acids is 1. The first-order valence-electron chi connectivity index (χ1n) is 8.93. The van der Waals surface area contributed by atoms with Crippen LogP contribution >= 0.6 is 0 Å². The van der Waals surface area contributed by atoms with Crippen LogP contribution in [0.4, 0.5) is 23.2 Å². The molecule has 1 aromatic heterocycles. The molecule has 0 fully saturated rings. The minimum Gasteiger partial charge on any atom is -0.497 e. The molecule has 0 unspecified atom stereocenters. The average molecular weight is 414 g/mol. The van der Waals surface area contributed by atoms with E-state index in [0.717, 1.165) is 24.3 Å². The maximum atomic E-state index is 14.6. The topological polar surface area (TPSA) is 115 Å². The van der Waals surface area contributed by atoms with Crippen LogP contribution < -0.4 is 10.1 Å². The summed E-state index contributed by atoms with van der Waals surface area (Å²) in [7, 11) is -2.90. The van der Waals surface area contributed by atoms with Crippen LogP contribution in [-0.2, 0) is 0 Å². The van der Waals surface area contributed by atoms with Gasteiger partial charge in [0.25, 0.3) is 5.91 Å². The lowest BCUT2D eigenvalue weighted by Crippen LogP contribution is -2.19. The number of amides is 1. The monoisotopic (exact) mass is 414 g/mol. The van der Waals surface area contributed by atoms with Crippen molar-refractivity contribution in [1.29, 1.82) is 0 Å². The van der Waals surface area contributed by atoms with E-state index in [1.165, 1.54) is 5.32 Å². The maximum Gasteiger partial charge on any atom is 0.360 e. The van der Waals surface area contributed by atoms with Crippen molar-refractivity contribution in [2.24, 2.45) is 0 Å². The second-order valence-corrected chi connectivity index (χ2v) is 5.36. The number of benzene rings is 2. The number of hydrogen-bond acceptors (Lipinski definition) is 6. The number of aromatic carboxylic acids is 1. The Hall–Kier alpha value is -3.96. The van der Waals surface area contributed by atoms with Gasteiger partial charge in [-0.1, -0.05) is 12.1 Å². The first-order chi connectivity index (χ1) is 14.9. The van der Waals surface area contributed by atoms with Gasteiger partial charge in [0.15, 0.2) is 23.3 Å². The highest BCUT2D eigenvalue weighted by atomic mass is 19.2. The lowest BCUT2D eigenvalue weighted by molar-refractivity contribution is 0.0681. The molecule has 0 saturated carbocycles. The molecule has 0 spiro atoms. The Kier molecular flexibility index (Phi) is 4.19. The van der Waals surface area contributed by atoms with Gasteiger partial charge >= 0.3 is 5.97 Å². The maximum absolute atomic E-state index is 14.6. The smallest absolute Gasteiger partial charge is 0.360 e. The third-order valence-corrected chi connectivity index (χ3v) is 3.65. The lowest BCUT2D eigenvalue weighted by atomic mass is 10.0. The molecule has 150 valence electrons. The zero-order valence-electron chi connectivity index (χ0n) is 16.8. The summed E-state index contributed by atoms with van der Waals surface area (Å²) in [5, 5.41) is 16.2. The number of carboxylic acid groups (broad SMARTS) is 1. The van der Waals surface area contributed by atoms with Crippen molar-refractivity contribution < 1.29 is 45.7 Å². The van der Waals surface area contributed by atoms with Crippen LogP contribution in [0.25, 0.3) is 11.1 Å². The Bertz CT molecular complexity index is 1200. The number of nitrogens with one attached hydrogen (secondary N) is 1.